The number of carbonyl (C=O) groups excluding carboxylic acids is 1. The topological polar surface area (TPSA) is 112 Å². The summed E-state index contributed by atoms with van der Waals surface area (Å²) in [6.07, 6.45) is 11.7. The van der Waals surface area contributed by atoms with E-state index in [9.17, 15) is 4.79 Å². The second-order valence-electron chi connectivity index (χ2n) is 8.13. The molecule has 5 rings (SSSR count). The minimum Gasteiger partial charge on any atom is -0.346 e. The number of hydrogen-bond donors (Lipinski definition) is 2. The molecule has 1 saturated carbocycles. The van der Waals surface area contributed by atoms with Gasteiger partial charge in [-0.05, 0) is 49.8 Å². The van der Waals surface area contributed by atoms with Crippen molar-refractivity contribution in [1.82, 2.24) is 24.5 Å². The van der Waals surface area contributed by atoms with Gasteiger partial charge in [-0.1, -0.05) is 0 Å². The van der Waals surface area contributed by atoms with Crippen molar-refractivity contribution >= 4 is 33.7 Å². The molecule has 4 aromatic heterocycles. The van der Waals surface area contributed by atoms with Gasteiger partial charge in [-0.3, -0.25) is 9.78 Å². The SMILES string of the molecule is N#CC[C@H]1CC[C@H](n2c(CC(=O)Nc3ccncc3)nc3cnc4[nH]ccc4c32)CC1. The van der Waals surface area contributed by atoms with E-state index in [0.717, 1.165) is 59.3 Å². The smallest absolute Gasteiger partial charge is 0.231 e. The van der Waals surface area contributed by atoms with Crippen LogP contribution in [0, 0.1) is 17.2 Å². The zero-order valence-corrected chi connectivity index (χ0v) is 17.1. The van der Waals surface area contributed by atoms with Crippen LogP contribution in [0.1, 0.15) is 44.0 Å². The number of aromatic nitrogens is 5. The largest absolute Gasteiger partial charge is 0.346 e. The molecule has 0 aliphatic heterocycles. The summed E-state index contributed by atoms with van der Waals surface area (Å²) in [5, 5.41) is 13.0. The molecule has 156 valence electrons. The predicted molar refractivity (Wildman–Crippen MR) is 117 cm³/mol. The first kappa shape index (κ1) is 19.2. The highest BCUT2D eigenvalue weighted by Gasteiger charge is 2.27. The van der Waals surface area contributed by atoms with Crippen molar-refractivity contribution in [3.05, 3.63) is 48.8 Å². The molecule has 31 heavy (non-hydrogen) atoms. The Balaban J connectivity index is 1.51. The number of hydrogen-bond acceptors (Lipinski definition) is 5. The van der Waals surface area contributed by atoms with Gasteiger partial charge in [0.05, 0.1) is 24.2 Å². The van der Waals surface area contributed by atoms with E-state index in [1.807, 2.05) is 12.3 Å². The third-order valence-electron chi connectivity index (χ3n) is 6.15. The van der Waals surface area contributed by atoms with Crippen molar-refractivity contribution in [1.29, 1.82) is 5.26 Å². The zero-order chi connectivity index (χ0) is 21.2. The van der Waals surface area contributed by atoms with Crippen molar-refractivity contribution in [3.8, 4) is 6.07 Å². The number of rotatable bonds is 5. The Morgan fingerprint density at radius 1 is 1.23 bits per heavy atom. The summed E-state index contributed by atoms with van der Waals surface area (Å²) in [5.74, 6) is 1.10. The highest BCUT2D eigenvalue weighted by molar-refractivity contribution is 6.02. The summed E-state index contributed by atoms with van der Waals surface area (Å²) < 4.78 is 2.25. The van der Waals surface area contributed by atoms with Gasteiger partial charge in [0, 0.05) is 42.1 Å². The molecule has 0 radical (unpaired) electrons. The number of nitriles is 1. The Kier molecular flexibility index (Phi) is 5.08. The number of pyridine rings is 2. The normalized spacial score (nSPS) is 18.8. The highest BCUT2D eigenvalue weighted by Crippen LogP contribution is 2.38. The maximum atomic E-state index is 12.8. The average molecular weight is 413 g/mol. The van der Waals surface area contributed by atoms with Gasteiger partial charge < -0.3 is 14.9 Å². The van der Waals surface area contributed by atoms with Crippen molar-refractivity contribution in [2.75, 3.05) is 5.32 Å². The van der Waals surface area contributed by atoms with E-state index in [0.29, 0.717) is 12.3 Å². The molecule has 0 unspecified atom stereocenters. The molecule has 4 heterocycles. The van der Waals surface area contributed by atoms with Gasteiger partial charge in [0.2, 0.25) is 5.91 Å². The number of amides is 1. The Hall–Kier alpha value is -3.73. The highest BCUT2D eigenvalue weighted by atomic mass is 16.1. The molecule has 8 heteroatoms. The first-order valence-electron chi connectivity index (χ1n) is 10.6. The summed E-state index contributed by atoms with van der Waals surface area (Å²) in [6, 6.07) is 8.12. The lowest BCUT2D eigenvalue weighted by molar-refractivity contribution is -0.115. The molecule has 0 aromatic carbocycles. The molecule has 8 nitrogen and oxygen atoms in total. The molecule has 0 bridgehead atoms. The van der Waals surface area contributed by atoms with E-state index in [1.165, 1.54) is 0 Å². The van der Waals surface area contributed by atoms with Gasteiger partial charge >= 0.3 is 0 Å². The van der Waals surface area contributed by atoms with Crippen LogP contribution in [0.15, 0.2) is 43.0 Å². The van der Waals surface area contributed by atoms with Gasteiger partial charge in [-0.25, -0.2) is 9.97 Å². The lowest BCUT2D eigenvalue weighted by Crippen LogP contribution is -2.23. The van der Waals surface area contributed by atoms with E-state index in [2.05, 4.69) is 30.9 Å². The maximum absolute atomic E-state index is 12.8. The standard InChI is InChI=1S/C23H23N7O/c24-9-5-15-1-3-17(4-2-15)30-20(13-21(31)28-16-6-10-25-11-7-16)29-19-14-27-23-18(22(19)30)8-12-26-23/h6-8,10-12,14-15,17H,1-5,13H2,(H,26,27)(H,25,28,31)/t15-,17-. The minimum absolute atomic E-state index is 0.112. The van der Waals surface area contributed by atoms with E-state index < -0.39 is 0 Å². The number of carbonyl (C=O) groups is 1. The van der Waals surface area contributed by atoms with Crippen LogP contribution in [-0.4, -0.2) is 30.4 Å². The van der Waals surface area contributed by atoms with Crippen molar-refractivity contribution in [2.45, 2.75) is 44.6 Å². The van der Waals surface area contributed by atoms with Crippen LogP contribution >= 0.6 is 0 Å². The molecule has 0 saturated heterocycles. The first-order valence-corrected chi connectivity index (χ1v) is 10.6. The molecule has 0 atom stereocenters. The zero-order valence-electron chi connectivity index (χ0n) is 17.1. The minimum atomic E-state index is -0.112. The number of imidazole rings is 1. The lowest BCUT2D eigenvalue weighted by atomic mass is 9.84. The molecule has 0 spiro atoms. The number of fused-ring (bicyclic) bond motifs is 3. The molecule has 1 amide bonds. The summed E-state index contributed by atoms with van der Waals surface area (Å²) in [7, 11) is 0. The first-order chi connectivity index (χ1) is 15.2. The van der Waals surface area contributed by atoms with Crippen LogP contribution in [-0.2, 0) is 11.2 Å². The fourth-order valence-corrected chi connectivity index (χ4v) is 4.68. The average Bonchev–Trinajstić information content (AvgIpc) is 3.39. The van der Waals surface area contributed by atoms with Gasteiger partial charge in [-0.15, -0.1) is 0 Å². The van der Waals surface area contributed by atoms with E-state index in [-0.39, 0.29) is 18.4 Å². The number of nitrogens with zero attached hydrogens (tertiary/aromatic N) is 5. The van der Waals surface area contributed by atoms with Crippen molar-refractivity contribution < 1.29 is 4.79 Å². The van der Waals surface area contributed by atoms with Gasteiger partial charge in [0.25, 0.3) is 0 Å². The molecule has 1 aliphatic rings. The van der Waals surface area contributed by atoms with Gasteiger partial charge in [0.15, 0.2) is 0 Å². The second kappa shape index (κ2) is 8.19. The van der Waals surface area contributed by atoms with Crippen LogP contribution < -0.4 is 5.32 Å². The van der Waals surface area contributed by atoms with Gasteiger partial charge in [-0.2, -0.15) is 5.26 Å². The Morgan fingerprint density at radius 2 is 2.03 bits per heavy atom. The third-order valence-corrected chi connectivity index (χ3v) is 6.15. The lowest BCUT2D eigenvalue weighted by Gasteiger charge is -2.30. The number of anilines is 1. The van der Waals surface area contributed by atoms with E-state index >= 15 is 0 Å². The number of aromatic amines is 1. The molecule has 1 fully saturated rings. The van der Waals surface area contributed by atoms with Crippen LogP contribution in [0.25, 0.3) is 22.1 Å². The fourth-order valence-electron chi connectivity index (χ4n) is 4.68. The third kappa shape index (κ3) is 3.75. The summed E-state index contributed by atoms with van der Waals surface area (Å²) in [5.41, 5.74) is 3.37. The molecular weight excluding hydrogens is 390 g/mol. The summed E-state index contributed by atoms with van der Waals surface area (Å²) in [4.78, 5) is 29.3. The van der Waals surface area contributed by atoms with Crippen LogP contribution in [0.5, 0.6) is 0 Å². The molecule has 4 aromatic rings. The quantitative estimate of drug-likeness (QED) is 0.511. The van der Waals surface area contributed by atoms with Crippen LogP contribution in [0.4, 0.5) is 5.69 Å². The van der Waals surface area contributed by atoms with Crippen LogP contribution in [0.3, 0.4) is 0 Å². The van der Waals surface area contributed by atoms with Gasteiger partial charge in [0.1, 0.15) is 17.0 Å². The van der Waals surface area contributed by atoms with Crippen molar-refractivity contribution in [2.24, 2.45) is 5.92 Å². The van der Waals surface area contributed by atoms with Crippen molar-refractivity contribution in [3.63, 3.8) is 0 Å². The van der Waals surface area contributed by atoms with Crippen LogP contribution in [0.2, 0.25) is 0 Å². The monoisotopic (exact) mass is 413 g/mol. The fraction of sp³-hybridized carbons (Fsp3) is 0.348. The van der Waals surface area contributed by atoms with E-state index in [1.54, 1.807) is 30.7 Å². The Labute approximate surface area is 179 Å². The number of nitrogens with one attached hydrogen (secondary N) is 2. The predicted octanol–water partition coefficient (Wildman–Crippen LogP) is 4.13. The molecule has 1 aliphatic carbocycles. The molecule has 2 N–H and O–H groups in total. The number of H-pyrrole nitrogens is 1. The second-order valence-corrected chi connectivity index (χ2v) is 8.13. The molecular formula is C23H23N7O. The van der Waals surface area contributed by atoms with E-state index in [4.69, 9.17) is 10.2 Å². The maximum Gasteiger partial charge on any atom is 0.231 e. The Morgan fingerprint density at radius 3 is 2.81 bits per heavy atom. The Bertz CT molecular complexity index is 1260. The summed E-state index contributed by atoms with van der Waals surface area (Å²) >= 11 is 0. The summed E-state index contributed by atoms with van der Waals surface area (Å²) in [6.45, 7) is 0.